The van der Waals surface area contributed by atoms with Crippen molar-refractivity contribution in [3.63, 3.8) is 0 Å². The van der Waals surface area contributed by atoms with E-state index in [1.54, 1.807) is 0 Å². The summed E-state index contributed by atoms with van der Waals surface area (Å²) in [5.41, 5.74) is 0. The minimum absolute atomic E-state index is 0.122. The van der Waals surface area contributed by atoms with Crippen LogP contribution in [0.25, 0.3) is 0 Å². The number of carbonyl (C=O) groups is 3. The normalized spacial score (nSPS) is 13.4. The van der Waals surface area contributed by atoms with Crippen LogP contribution in [-0.4, -0.2) is 37.2 Å². The molecule has 0 aliphatic heterocycles. The topological polar surface area (TPSA) is 78.9 Å². The standard InChI is InChI=1S/C73H112O6/c1-4-7-10-13-16-19-22-25-28-31-34-36-39-42-45-48-51-54-57-60-63-66-72(75)78-69-70(68-77-71(74)65-62-59-56-53-50-47-44-41-38-33-30-27-24-21-18-15-12-9-6-3)79-73(76)67-64-61-58-55-52-49-46-43-40-37-35-32-29-26-23-20-17-14-11-8-5-2/h7-12,16-21,25-30,34-38,41-42,45,47,50-51,54,70H,4-6,13-15,22-24,31-33,39-40,43-44,46,48-49,52-53,55-69H2,1-3H3/b10-7-,11-8-,12-9-,19-16-,20-17-,21-18-,28-25-,29-26-,30-27-,36-34-,37-35-,41-38-,45-42-,50-47-,54-51-. The lowest BCUT2D eigenvalue weighted by molar-refractivity contribution is -0.167. The molecule has 0 aliphatic rings. The van der Waals surface area contributed by atoms with Gasteiger partial charge in [-0.3, -0.25) is 14.4 Å². The Morgan fingerprint density at radius 3 is 0.747 bits per heavy atom. The zero-order valence-corrected chi connectivity index (χ0v) is 50.3. The van der Waals surface area contributed by atoms with Crippen LogP contribution < -0.4 is 0 Å². The number of esters is 3. The second kappa shape index (κ2) is 65.0. The van der Waals surface area contributed by atoms with Gasteiger partial charge in [-0.1, -0.05) is 248 Å². The van der Waals surface area contributed by atoms with Crippen LogP contribution in [0.15, 0.2) is 182 Å². The number of unbranched alkanes of at least 4 members (excludes halogenated alkanes) is 13. The largest absolute Gasteiger partial charge is 0.462 e. The van der Waals surface area contributed by atoms with Gasteiger partial charge >= 0.3 is 17.9 Å². The molecule has 0 radical (unpaired) electrons. The summed E-state index contributed by atoms with van der Waals surface area (Å²) in [6.45, 7) is 6.22. The van der Waals surface area contributed by atoms with E-state index in [1.165, 1.54) is 25.7 Å². The molecule has 6 heteroatoms. The summed E-state index contributed by atoms with van der Waals surface area (Å²) in [6, 6.07) is 0. The molecule has 440 valence electrons. The molecule has 0 N–H and O–H groups in total. The van der Waals surface area contributed by atoms with Gasteiger partial charge in [-0.05, 0) is 154 Å². The van der Waals surface area contributed by atoms with Gasteiger partial charge in [0.25, 0.3) is 0 Å². The molecule has 0 amide bonds. The van der Waals surface area contributed by atoms with E-state index in [2.05, 4.69) is 203 Å². The van der Waals surface area contributed by atoms with Crippen molar-refractivity contribution in [2.45, 2.75) is 245 Å². The molecule has 1 unspecified atom stereocenters. The highest BCUT2D eigenvalue weighted by molar-refractivity contribution is 5.71. The summed E-state index contributed by atoms with van der Waals surface area (Å²) in [4.78, 5) is 38.3. The van der Waals surface area contributed by atoms with Gasteiger partial charge in [-0.25, -0.2) is 0 Å². The number of hydrogen-bond donors (Lipinski definition) is 0. The van der Waals surface area contributed by atoms with E-state index in [1.807, 2.05) is 0 Å². The first kappa shape index (κ1) is 73.5. The quantitative estimate of drug-likeness (QED) is 0.0261. The molecule has 0 aromatic carbocycles. The molecule has 0 bridgehead atoms. The summed E-state index contributed by atoms with van der Waals surface area (Å²) in [6.07, 6.45) is 97.4. The van der Waals surface area contributed by atoms with E-state index < -0.39 is 6.10 Å². The third kappa shape index (κ3) is 63.2. The maximum absolute atomic E-state index is 12.9. The van der Waals surface area contributed by atoms with Gasteiger partial charge < -0.3 is 14.2 Å². The maximum Gasteiger partial charge on any atom is 0.306 e. The van der Waals surface area contributed by atoms with Crippen molar-refractivity contribution < 1.29 is 28.6 Å². The summed E-state index contributed by atoms with van der Waals surface area (Å²) >= 11 is 0. The van der Waals surface area contributed by atoms with E-state index in [0.29, 0.717) is 19.3 Å². The van der Waals surface area contributed by atoms with Crippen LogP contribution >= 0.6 is 0 Å². The highest BCUT2D eigenvalue weighted by atomic mass is 16.6. The third-order valence-electron chi connectivity index (χ3n) is 12.4. The van der Waals surface area contributed by atoms with Crippen molar-refractivity contribution in [2.24, 2.45) is 0 Å². The Bertz CT molecular complexity index is 1870. The Kier molecular flexibility index (Phi) is 60.5. The van der Waals surface area contributed by atoms with Gasteiger partial charge in [-0.15, -0.1) is 0 Å². The molecule has 0 saturated heterocycles. The summed E-state index contributed by atoms with van der Waals surface area (Å²) in [5.74, 6) is -1.01. The molecule has 6 nitrogen and oxygen atoms in total. The Morgan fingerprint density at radius 1 is 0.253 bits per heavy atom. The van der Waals surface area contributed by atoms with Crippen LogP contribution in [0, 0.1) is 0 Å². The molecule has 0 aliphatic carbocycles. The number of allylic oxidation sites excluding steroid dienone is 30. The summed E-state index contributed by atoms with van der Waals surface area (Å²) in [7, 11) is 0. The van der Waals surface area contributed by atoms with Crippen molar-refractivity contribution in [1.29, 1.82) is 0 Å². The van der Waals surface area contributed by atoms with Gasteiger partial charge in [0.15, 0.2) is 6.10 Å². The fourth-order valence-electron chi connectivity index (χ4n) is 7.81. The fraction of sp³-hybridized carbons (Fsp3) is 0.548. The Balaban J connectivity index is 4.59. The number of carbonyl (C=O) groups excluding carboxylic acids is 3. The van der Waals surface area contributed by atoms with E-state index in [0.717, 1.165) is 167 Å². The van der Waals surface area contributed by atoms with Gasteiger partial charge in [0.1, 0.15) is 13.2 Å². The lowest BCUT2D eigenvalue weighted by atomic mass is 10.1. The fourth-order valence-corrected chi connectivity index (χ4v) is 7.81. The summed E-state index contributed by atoms with van der Waals surface area (Å²) < 4.78 is 16.9. The SMILES string of the molecule is CC/C=C\C/C=C\C/C=C\C/C=C\C/C=C\C/C=C\CCCCC(=O)OCC(COC(=O)CCCCC/C=C\C/C=C\C/C=C\C/C=C\C/C=C\CC)OC(=O)CCCCCCCCCC/C=C\C/C=C\C/C=C\C/C=C\CC. The molecule has 0 spiro atoms. The van der Waals surface area contributed by atoms with Crippen molar-refractivity contribution in [3.05, 3.63) is 182 Å². The maximum atomic E-state index is 12.9. The van der Waals surface area contributed by atoms with Gasteiger partial charge in [0.05, 0.1) is 0 Å². The average molecular weight is 1090 g/mol. The molecule has 79 heavy (non-hydrogen) atoms. The molecule has 0 rings (SSSR count). The van der Waals surface area contributed by atoms with E-state index in [4.69, 9.17) is 14.2 Å². The Hall–Kier alpha value is -5.49. The highest BCUT2D eigenvalue weighted by Crippen LogP contribution is 2.13. The number of hydrogen-bond acceptors (Lipinski definition) is 6. The number of ether oxygens (including phenoxy) is 3. The Labute approximate surface area is 484 Å². The van der Waals surface area contributed by atoms with Gasteiger partial charge in [0, 0.05) is 19.3 Å². The monoisotopic (exact) mass is 1080 g/mol. The lowest BCUT2D eigenvalue weighted by Gasteiger charge is -2.18. The molecule has 0 heterocycles. The predicted molar refractivity (Wildman–Crippen MR) is 343 cm³/mol. The zero-order chi connectivity index (χ0) is 57.1. The Morgan fingerprint density at radius 2 is 0.456 bits per heavy atom. The second-order valence-electron chi connectivity index (χ2n) is 19.8. The molecule has 1 atom stereocenters. The molecule has 0 saturated carbocycles. The average Bonchev–Trinajstić information content (AvgIpc) is 3.45. The smallest absolute Gasteiger partial charge is 0.306 e. The van der Waals surface area contributed by atoms with Crippen LogP contribution in [0.2, 0.25) is 0 Å². The molecular weight excluding hydrogens is 973 g/mol. The van der Waals surface area contributed by atoms with Crippen LogP contribution in [0.3, 0.4) is 0 Å². The molecule has 0 aromatic rings. The predicted octanol–water partition coefficient (Wildman–Crippen LogP) is 21.7. The molecule has 0 fully saturated rings. The van der Waals surface area contributed by atoms with Gasteiger partial charge in [-0.2, -0.15) is 0 Å². The van der Waals surface area contributed by atoms with Gasteiger partial charge in [0.2, 0.25) is 0 Å². The first-order valence-corrected chi connectivity index (χ1v) is 31.3. The highest BCUT2D eigenvalue weighted by Gasteiger charge is 2.19. The van der Waals surface area contributed by atoms with Crippen molar-refractivity contribution >= 4 is 17.9 Å². The lowest BCUT2D eigenvalue weighted by Crippen LogP contribution is -2.30. The van der Waals surface area contributed by atoms with E-state index in [9.17, 15) is 14.4 Å². The second-order valence-corrected chi connectivity index (χ2v) is 19.8. The van der Waals surface area contributed by atoms with Crippen molar-refractivity contribution in [3.8, 4) is 0 Å². The number of rotatable bonds is 54. The van der Waals surface area contributed by atoms with E-state index >= 15 is 0 Å². The summed E-state index contributed by atoms with van der Waals surface area (Å²) in [5, 5.41) is 0. The van der Waals surface area contributed by atoms with Crippen LogP contribution in [-0.2, 0) is 28.6 Å². The minimum atomic E-state index is -0.827. The van der Waals surface area contributed by atoms with Crippen LogP contribution in [0.1, 0.15) is 239 Å². The van der Waals surface area contributed by atoms with Crippen LogP contribution in [0.5, 0.6) is 0 Å². The molecule has 0 aromatic heterocycles. The third-order valence-corrected chi connectivity index (χ3v) is 12.4. The molecular formula is C73H112O6. The van der Waals surface area contributed by atoms with E-state index in [-0.39, 0.29) is 37.5 Å². The zero-order valence-electron chi connectivity index (χ0n) is 50.3. The van der Waals surface area contributed by atoms with Crippen molar-refractivity contribution in [1.82, 2.24) is 0 Å². The van der Waals surface area contributed by atoms with Crippen LogP contribution in [0.4, 0.5) is 0 Å². The first-order chi connectivity index (χ1) is 39.0. The first-order valence-electron chi connectivity index (χ1n) is 31.3. The van der Waals surface area contributed by atoms with Crippen molar-refractivity contribution in [2.75, 3.05) is 13.2 Å². The minimum Gasteiger partial charge on any atom is -0.462 e.